The molecule has 154 valence electrons. The molecule has 3 aromatic rings. The summed E-state index contributed by atoms with van der Waals surface area (Å²) in [6.07, 6.45) is 0.0777. The van der Waals surface area contributed by atoms with Gasteiger partial charge in [-0.3, -0.25) is 9.59 Å². The van der Waals surface area contributed by atoms with Crippen molar-refractivity contribution < 1.29 is 19.0 Å². The van der Waals surface area contributed by atoms with E-state index >= 15 is 0 Å². The maximum atomic E-state index is 13.1. The van der Waals surface area contributed by atoms with Gasteiger partial charge < -0.3 is 24.5 Å². The van der Waals surface area contributed by atoms with Gasteiger partial charge >= 0.3 is 0 Å². The Hall–Kier alpha value is -3.81. The number of amides is 1. The number of carbonyl (C=O) groups excluding carboxylic acids is 1. The van der Waals surface area contributed by atoms with Crippen LogP contribution >= 0.6 is 0 Å². The Morgan fingerprint density at radius 1 is 0.933 bits per heavy atom. The standard InChI is InChI=1S/C22H21N3O5/c1-28-15-11-17(30-3)16(29-2)9-13(15)14-10-18(26)23-21-19(14)22(27)25-20(24-21)12-7-5-4-6-8-12/h4-9,11,14H,10H2,1-3H3,(H2,23,24,25,26,27)/t14-/m0/s1. The second-order valence-corrected chi connectivity index (χ2v) is 6.80. The predicted octanol–water partition coefficient (Wildman–Crippen LogP) is 2.94. The molecule has 8 heteroatoms. The lowest BCUT2D eigenvalue weighted by molar-refractivity contribution is -0.116. The van der Waals surface area contributed by atoms with Crippen molar-refractivity contribution >= 4 is 11.7 Å². The molecule has 4 rings (SSSR count). The second-order valence-electron chi connectivity index (χ2n) is 6.80. The zero-order valence-electron chi connectivity index (χ0n) is 16.8. The van der Waals surface area contributed by atoms with Gasteiger partial charge in [0.1, 0.15) is 17.4 Å². The molecule has 0 radical (unpaired) electrons. The third-order valence-corrected chi connectivity index (χ3v) is 5.11. The molecule has 0 aliphatic carbocycles. The minimum absolute atomic E-state index is 0.0777. The predicted molar refractivity (Wildman–Crippen MR) is 111 cm³/mol. The minimum Gasteiger partial charge on any atom is -0.496 e. The summed E-state index contributed by atoms with van der Waals surface area (Å²) in [5, 5.41) is 2.73. The van der Waals surface area contributed by atoms with Gasteiger partial charge in [-0.2, -0.15) is 0 Å². The molecule has 30 heavy (non-hydrogen) atoms. The van der Waals surface area contributed by atoms with Crippen LogP contribution in [0.2, 0.25) is 0 Å². The molecule has 0 saturated heterocycles. The number of anilines is 1. The number of aromatic nitrogens is 2. The zero-order valence-corrected chi connectivity index (χ0v) is 16.8. The summed E-state index contributed by atoms with van der Waals surface area (Å²) < 4.78 is 16.3. The lowest BCUT2D eigenvalue weighted by Gasteiger charge is -2.26. The van der Waals surface area contributed by atoms with Crippen LogP contribution in [0.15, 0.2) is 47.3 Å². The van der Waals surface area contributed by atoms with Crippen molar-refractivity contribution in [2.75, 3.05) is 26.6 Å². The zero-order chi connectivity index (χ0) is 21.3. The van der Waals surface area contributed by atoms with Crippen LogP contribution in [0.4, 0.5) is 5.82 Å². The molecule has 2 aromatic carbocycles. The van der Waals surface area contributed by atoms with Crippen LogP contribution in [-0.2, 0) is 4.79 Å². The Bertz CT molecular complexity index is 1160. The second kappa shape index (κ2) is 7.90. The highest BCUT2D eigenvalue weighted by atomic mass is 16.5. The van der Waals surface area contributed by atoms with E-state index in [2.05, 4.69) is 15.3 Å². The third kappa shape index (κ3) is 3.36. The van der Waals surface area contributed by atoms with E-state index in [0.717, 1.165) is 5.56 Å². The summed E-state index contributed by atoms with van der Waals surface area (Å²) >= 11 is 0. The molecule has 0 bridgehead atoms. The first kappa shape index (κ1) is 19.5. The number of fused-ring (bicyclic) bond motifs is 1. The average Bonchev–Trinajstić information content (AvgIpc) is 2.77. The van der Waals surface area contributed by atoms with E-state index in [1.165, 1.54) is 21.3 Å². The number of benzene rings is 2. The van der Waals surface area contributed by atoms with Crippen LogP contribution < -0.4 is 25.1 Å². The summed E-state index contributed by atoms with van der Waals surface area (Å²) in [7, 11) is 4.58. The number of hydrogen-bond donors (Lipinski definition) is 2. The maximum Gasteiger partial charge on any atom is 0.257 e. The summed E-state index contributed by atoms with van der Waals surface area (Å²) in [6.45, 7) is 0. The van der Waals surface area contributed by atoms with E-state index < -0.39 is 5.92 Å². The van der Waals surface area contributed by atoms with Gasteiger partial charge in [0.15, 0.2) is 11.5 Å². The molecule has 8 nitrogen and oxygen atoms in total. The molecule has 0 unspecified atom stereocenters. The molecule has 1 atom stereocenters. The number of H-pyrrole nitrogens is 1. The van der Waals surface area contributed by atoms with Gasteiger partial charge in [-0.05, 0) is 6.07 Å². The number of nitrogens with zero attached hydrogens (tertiary/aromatic N) is 1. The molecule has 1 aromatic heterocycles. The first-order valence-electron chi connectivity index (χ1n) is 9.35. The van der Waals surface area contributed by atoms with Crippen molar-refractivity contribution in [1.82, 2.24) is 9.97 Å². The highest BCUT2D eigenvalue weighted by Gasteiger charge is 2.33. The van der Waals surface area contributed by atoms with Gasteiger partial charge in [0.2, 0.25) is 5.91 Å². The summed E-state index contributed by atoms with van der Waals surface area (Å²) in [5.41, 5.74) is 1.45. The molecule has 1 aliphatic rings. The normalized spacial score (nSPS) is 15.2. The molecular weight excluding hydrogens is 386 g/mol. The number of hydrogen-bond acceptors (Lipinski definition) is 6. The first-order chi connectivity index (χ1) is 14.5. The number of carbonyl (C=O) groups is 1. The van der Waals surface area contributed by atoms with E-state index in [9.17, 15) is 9.59 Å². The number of methoxy groups -OCH3 is 3. The largest absolute Gasteiger partial charge is 0.496 e. The van der Waals surface area contributed by atoms with Crippen LogP contribution in [-0.4, -0.2) is 37.2 Å². The van der Waals surface area contributed by atoms with E-state index in [1.807, 2.05) is 30.3 Å². The van der Waals surface area contributed by atoms with Gasteiger partial charge in [0.05, 0.1) is 26.9 Å². The Labute approximate surface area is 172 Å². The lowest BCUT2D eigenvalue weighted by Crippen LogP contribution is -2.31. The van der Waals surface area contributed by atoms with Crippen molar-refractivity contribution in [3.05, 3.63) is 63.9 Å². The summed E-state index contributed by atoms with van der Waals surface area (Å²) in [5.74, 6) is 1.31. The Balaban J connectivity index is 1.89. The number of nitrogens with one attached hydrogen (secondary N) is 2. The van der Waals surface area contributed by atoms with E-state index in [1.54, 1.807) is 12.1 Å². The van der Waals surface area contributed by atoms with E-state index in [0.29, 0.717) is 34.2 Å². The fourth-order valence-corrected chi connectivity index (χ4v) is 3.69. The number of ether oxygens (including phenoxy) is 3. The van der Waals surface area contributed by atoms with Crippen LogP contribution in [0, 0.1) is 0 Å². The van der Waals surface area contributed by atoms with Crippen LogP contribution in [0.3, 0.4) is 0 Å². The van der Waals surface area contributed by atoms with Gasteiger partial charge in [0.25, 0.3) is 5.56 Å². The van der Waals surface area contributed by atoms with Crippen molar-refractivity contribution in [1.29, 1.82) is 0 Å². The first-order valence-corrected chi connectivity index (χ1v) is 9.35. The smallest absolute Gasteiger partial charge is 0.257 e. The van der Waals surface area contributed by atoms with E-state index in [-0.39, 0.29) is 23.7 Å². The average molecular weight is 407 g/mol. The Kier molecular flexibility index (Phi) is 5.14. The fourth-order valence-electron chi connectivity index (χ4n) is 3.69. The molecule has 0 saturated carbocycles. The third-order valence-electron chi connectivity index (χ3n) is 5.11. The quantitative estimate of drug-likeness (QED) is 0.674. The molecule has 2 heterocycles. The molecule has 0 spiro atoms. The van der Waals surface area contributed by atoms with Gasteiger partial charge in [0, 0.05) is 29.5 Å². The van der Waals surface area contributed by atoms with Crippen molar-refractivity contribution in [2.45, 2.75) is 12.3 Å². The van der Waals surface area contributed by atoms with Crippen LogP contribution in [0.25, 0.3) is 11.4 Å². The van der Waals surface area contributed by atoms with E-state index in [4.69, 9.17) is 14.2 Å². The Morgan fingerprint density at radius 2 is 1.60 bits per heavy atom. The van der Waals surface area contributed by atoms with Crippen molar-refractivity contribution in [2.24, 2.45) is 0 Å². The number of aromatic amines is 1. The minimum atomic E-state index is -0.551. The Morgan fingerprint density at radius 3 is 2.27 bits per heavy atom. The van der Waals surface area contributed by atoms with Gasteiger partial charge in [-0.1, -0.05) is 30.3 Å². The molecule has 0 fully saturated rings. The summed E-state index contributed by atoms with van der Waals surface area (Å²) in [6, 6.07) is 12.7. The molecular formula is C22H21N3O5. The van der Waals surface area contributed by atoms with Crippen molar-refractivity contribution in [3.8, 4) is 28.6 Å². The molecule has 1 aliphatic heterocycles. The molecule has 2 N–H and O–H groups in total. The summed E-state index contributed by atoms with van der Waals surface area (Å²) in [4.78, 5) is 32.9. The number of rotatable bonds is 5. The van der Waals surface area contributed by atoms with Crippen LogP contribution in [0.5, 0.6) is 17.2 Å². The van der Waals surface area contributed by atoms with Crippen LogP contribution in [0.1, 0.15) is 23.5 Å². The van der Waals surface area contributed by atoms with Crippen molar-refractivity contribution in [3.63, 3.8) is 0 Å². The highest BCUT2D eigenvalue weighted by Crippen LogP contribution is 2.43. The maximum absolute atomic E-state index is 13.1. The lowest BCUT2D eigenvalue weighted by atomic mass is 9.86. The SMILES string of the molecule is COc1cc(OC)c([C@@H]2CC(=O)Nc3nc(-c4ccccc4)[nH]c(=O)c32)cc1OC. The van der Waals surface area contributed by atoms with Gasteiger partial charge in [-0.25, -0.2) is 4.98 Å². The fraction of sp³-hybridized carbons (Fsp3) is 0.227. The highest BCUT2D eigenvalue weighted by molar-refractivity contribution is 5.94. The monoisotopic (exact) mass is 407 g/mol. The van der Waals surface area contributed by atoms with Gasteiger partial charge in [-0.15, -0.1) is 0 Å². The molecule has 1 amide bonds. The topological polar surface area (TPSA) is 103 Å².